The Bertz CT molecular complexity index is 300. The van der Waals surface area contributed by atoms with Crippen molar-refractivity contribution >= 4 is 12.1 Å². The summed E-state index contributed by atoms with van der Waals surface area (Å²) < 4.78 is 4.93. The van der Waals surface area contributed by atoms with Crippen molar-refractivity contribution in [2.75, 3.05) is 7.11 Å². The monoisotopic (exact) mass is 178 g/mol. The molecule has 0 aliphatic heterocycles. The number of Topliss-reactive ketones (excluding diaryl/α,β-unsaturated/α-hetero) is 1. The van der Waals surface area contributed by atoms with E-state index in [0.717, 1.165) is 0 Å². The highest BCUT2D eigenvalue weighted by molar-refractivity contribution is 6.02. The molecule has 0 aliphatic carbocycles. The Morgan fingerprint density at radius 3 is 2.46 bits per heavy atom. The summed E-state index contributed by atoms with van der Waals surface area (Å²) in [6.45, 7) is 0. The molecule has 0 radical (unpaired) electrons. The normalized spacial score (nSPS) is 9.31. The Labute approximate surface area is 76.3 Å². The maximum Gasteiger partial charge on any atom is 0.169 e. The number of aldehydes is 1. The van der Waals surface area contributed by atoms with Gasteiger partial charge in [0.05, 0.1) is 13.5 Å². The Morgan fingerprint density at radius 1 is 1.38 bits per heavy atom. The third-order valence-corrected chi connectivity index (χ3v) is 1.68. The van der Waals surface area contributed by atoms with Crippen LogP contribution in [0.4, 0.5) is 0 Å². The predicted octanol–water partition coefficient (Wildman–Crippen LogP) is 1.47. The van der Waals surface area contributed by atoms with Gasteiger partial charge in [0.2, 0.25) is 0 Å². The van der Waals surface area contributed by atoms with Gasteiger partial charge in [-0.2, -0.15) is 0 Å². The molecule has 1 rings (SSSR count). The maximum absolute atomic E-state index is 11.2. The van der Waals surface area contributed by atoms with E-state index < -0.39 is 0 Å². The van der Waals surface area contributed by atoms with Crippen molar-refractivity contribution in [3.63, 3.8) is 0 Å². The second-order valence-corrected chi connectivity index (χ2v) is 2.52. The molecule has 0 fully saturated rings. The van der Waals surface area contributed by atoms with E-state index in [1.165, 1.54) is 0 Å². The van der Waals surface area contributed by atoms with Crippen molar-refractivity contribution in [3.8, 4) is 5.75 Å². The molecule has 0 amide bonds. The quantitative estimate of drug-likeness (QED) is 0.398. The zero-order valence-corrected chi connectivity index (χ0v) is 7.32. The summed E-state index contributed by atoms with van der Waals surface area (Å²) in [5, 5.41) is 0. The molecule has 68 valence electrons. The molecular weight excluding hydrogens is 168 g/mol. The van der Waals surface area contributed by atoms with Crippen LogP contribution in [0.2, 0.25) is 0 Å². The van der Waals surface area contributed by atoms with Crippen molar-refractivity contribution < 1.29 is 14.3 Å². The molecule has 3 heteroatoms. The summed E-state index contributed by atoms with van der Waals surface area (Å²) in [7, 11) is 1.56. The van der Waals surface area contributed by atoms with E-state index in [1.807, 2.05) is 0 Å². The minimum atomic E-state index is -0.169. The highest BCUT2D eigenvalue weighted by atomic mass is 16.5. The Balaban J connectivity index is 2.79. The maximum atomic E-state index is 11.2. The Hall–Kier alpha value is -1.64. The van der Waals surface area contributed by atoms with Crippen LogP contribution in [-0.2, 0) is 4.79 Å². The van der Waals surface area contributed by atoms with Gasteiger partial charge in [-0.15, -0.1) is 0 Å². The fourth-order valence-corrected chi connectivity index (χ4v) is 0.970. The molecule has 0 bridgehead atoms. The molecule has 0 aliphatic rings. The van der Waals surface area contributed by atoms with Gasteiger partial charge in [-0.05, 0) is 24.3 Å². The van der Waals surface area contributed by atoms with Gasteiger partial charge in [-0.25, -0.2) is 0 Å². The molecule has 1 aromatic rings. The molecule has 0 heterocycles. The van der Waals surface area contributed by atoms with Crippen LogP contribution in [0.15, 0.2) is 24.3 Å². The highest BCUT2D eigenvalue weighted by Gasteiger charge is 2.03. The van der Waals surface area contributed by atoms with Gasteiger partial charge in [0, 0.05) is 5.56 Å². The molecule has 13 heavy (non-hydrogen) atoms. The molecule has 0 aromatic heterocycles. The van der Waals surface area contributed by atoms with Crippen LogP contribution >= 0.6 is 0 Å². The van der Waals surface area contributed by atoms with Crippen molar-refractivity contribution in [1.29, 1.82) is 0 Å². The lowest BCUT2D eigenvalue weighted by atomic mass is 10.1. The van der Waals surface area contributed by atoms with Crippen molar-refractivity contribution in [1.82, 2.24) is 0 Å². The molecule has 0 N–H and O–H groups in total. The molecular formula is C10H10O3. The van der Waals surface area contributed by atoms with E-state index in [9.17, 15) is 9.59 Å². The molecule has 1 aromatic carbocycles. The first-order valence-electron chi connectivity index (χ1n) is 3.89. The van der Waals surface area contributed by atoms with Gasteiger partial charge >= 0.3 is 0 Å². The number of rotatable bonds is 4. The molecule has 3 nitrogen and oxygen atoms in total. The van der Waals surface area contributed by atoms with E-state index in [-0.39, 0.29) is 12.2 Å². The second-order valence-electron chi connectivity index (χ2n) is 2.52. The standard InChI is InChI=1S/C10H10O3/c1-13-9-4-2-8(3-5-9)10(12)6-7-11/h2-5,7H,6H2,1H3. The Kier molecular flexibility index (Phi) is 3.20. The van der Waals surface area contributed by atoms with Gasteiger partial charge in [-0.3, -0.25) is 4.79 Å². The number of benzene rings is 1. The minimum absolute atomic E-state index is 0.0632. The van der Waals surface area contributed by atoms with E-state index in [2.05, 4.69) is 0 Å². The van der Waals surface area contributed by atoms with Crippen LogP contribution in [0.1, 0.15) is 16.8 Å². The van der Waals surface area contributed by atoms with E-state index in [1.54, 1.807) is 31.4 Å². The smallest absolute Gasteiger partial charge is 0.169 e. The largest absolute Gasteiger partial charge is 0.497 e. The summed E-state index contributed by atoms with van der Waals surface area (Å²) in [6, 6.07) is 6.67. The van der Waals surface area contributed by atoms with Crippen LogP contribution in [0.25, 0.3) is 0 Å². The van der Waals surface area contributed by atoms with Crippen LogP contribution in [-0.4, -0.2) is 19.2 Å². The van der Waals surface area contributed by atoms with Crippen molar-refractivity contribution in [2.24, 2.45) is 0 Å². The topological polar surface area (TPSA) is 43.4 Å². The summed E-state index contributed by atoms with van der Waals surface area (Å²) in [6.07, 6.45) is 0.541. The summed E-state index contributed by atoms with van der Waals surface area (Å²) in [5.74, 6) is 0.528. The molecule has 0 spiro atoms. The van der Waals surface area contributed by atoms with Crippen LogP contribution in [0.5, 0.6) is 5.75 Å². The SMILES string of the molecule is COc1ccc(C(=O)CC=O)cc1. The van der Waals surface area contributed by atoms with Gasteiger partial charge in [0.1, 0.15) is 12.0 Å². The molecule has 0 unspecified atom stereocenters. The average Bonchev–Trinajstić information content (AvgIpc) is 2.18. The van der Waals surface area contributed by atoms with Crippen molar-refractivity contribution in [2.45, 2.75) is 6.42 Å². The summed E-state index contributed by atoms with van der Waals surface area (Å²) in [5.41, 5.74) is 0.535. The third kappa shape index (κ3) is 2.40. The first-order valence-corrected chi connectivity index (χ1v) is 3.89. The van der Waals surface area contributed by atoms with Crippen molar-refractivity contribution in [3.05, 3.63) is 29.8 Å². The molecule has 0 atom stereocenters. The lowest BCUT2D eigenvalue weighted by Crippen LogP contribution is -1.98. The number of carbonyl (C=O) groups excluding carboxylic acids is 2. The first kappa shape index (κ1) is 9.45. The van der Waals surface area contributed by atoms with Gasteiger partial charge < -0.3 is 9.53 Å². The fourth-order valence-electron chi connectivity index (χ4n) is 0.970. The number of ether oxygens (including phenoxy) is 1. The summed E-state index contributed by atoms with van der Waals surface area (Å²) in [4.78, 5) is 21.2. The van der Waals surface area contributed by atoms with Crippen LogP contribution in [0, 0.1) is 0 Å². The van der Waals surface area contributed by atoms with E-state index >= 15 is 0 Å². The minimum Gasteiger partial charge on any atom is -0.497 e. The zero-order valence-electron chi connectivity index (χ0n) is 7.32. The van der Waals surface area contributed by atoms with E-state index in [0.29, 0.717) is 17.6 Å². The number of methoxy groups -OCH3 is 1. The first-order chi connectivity index (χ1) is 6.27. The fraction of sp³-hybridized carbons (Fsp3) is 0.200. The van der Waals surface area contributed by atoms with Gasteiger partial charge in [0.15, 0.2) is 5.78 Å². The zero-order chi connectivity index (χ0) is 9.68. The van der Waals surface area contributed by atoms with Crippen LogP contribution in [0.3, 0.4) is 0 Å². The van der Waals surface area contributed by atoms with Gasteiger partial charge in [-0.1, -0.05) is 0 Å². The predicted molar refractivity (Wildman–Crippen MR) is 48.0 cm³/mol. The second kappa shape index (κ2) is 4.40. The Morgan fingerprint density at radius 2 is 2.00 bits per heavy atom. The molecule has 0 saturated heterocycles. The lowest BCUT2D eigenvalue weighted by molar-refractivity contribution is -0.107. The van der Waals surface area contributed by atoms with E-state index in [4.69, 9.17) is 4.74 Å². The number of hydrogen-bond acceptors (Lipinski definition) is 3. The third-order valence-electron chi connectivity index (χ3n) is 1.68. The van der Waals surface area contributed by atoms with Crippen LogP contribution < -0.4 is 4.74 Å². The number of hydrogen-bond donors (Lipinski definition) is 0. The number of ketones is 1. The highest BCUT2D eigenvalue weighted by Crippen LogP contribution is 2.12. The molecule has 0 saturated carbocycles. The average molecular weight is 178 g/mol. The lowest BCUT2D eigenvalue weighted by Gasteiger charge is -2.00. The number of carbonyl (C=O) groups is 2. The van der Waals surface area contributed by atoms with Gasteiger partial charge in [0.25, 0.3) is 0 Å². The summed E-state index contributed by atoms with van der Waals surface area (Å²) >= 11 is 0.